The number of nitrogens with zero attached hydrogens (tertiary/aromatic N) is 1. The first-order valence-electron chi connectivity index (χ1n) is 11.0. The lowest BCUT2D eigenvalue weighted by Crippen LogP contribution is -2.53. The minimum atomic E-state index is -1.23. The Hall–Kier alpha value is -2.86. The highest BCUT2D eigenvalue weighted by Crippen LogP contribution is 2.37. The van der Waals surface area contributed by atoms with Gasteiger partial charge >= 0.3 is 0 Å². The fraction of sp³-hybridized carbons (Fsp3) is 0.333. The quantitative estimate of drug-likeness (QED) is 0.581. The van der Waals surface area contributed by atoms with Crippen molar-refractivity contribution < 1.29 is 19.3 Å². The average Bonchev–Trinajstić information content (AvgIpc) is 2.85. The van der Waals surface area contributed by atoms with Gasteiger partial charge in [-0.1, -0.05) is 60.7 Å². The number of hydrogen-bond donors (Lipinski definition) is 1. The molecule has 1 saturated heterocycles. The van der Waals surface area contributed by atoms with Crippen LogP contribution in [0, 0.1) is 0 Å². The van der Waals surface area contributed by atoms with Crippen LogP contribution >= 0.6 is 0 Å². The number of methoxy groups -OCH3 is 2. The second kappa shape index (κ2) is 10.2. The molecule has 1 N–H and O–H groups in total. The van der Waals surface area contributed by atoms with Crippen LogP contribution in [0.3, 0.4) is 0 Å². The summed E-state index contributed by atoms with van der Waals surface area (Å²) in [4.78, 5) is 2.35. The van der Waals surface area contributed by atoms with Crippen LogP contribution < -0.4 is 9.47 Å². The summed E-state index contributed by atoms with van der Waals surface area (Å²) in [7, 11) is 3.28. The van der Waals surface area contributed by atoms with Crippen LogP contribution in [0.4, 0.5) is 0 Å². The standard InChI is InChI=1S/C27H31NO4/c1-30-24-13-14-25(31-2)22(17-24)18-27(29,23-11-7-4-8-12-23)26-20-28(15-16-32-26)19-21-9-5-3-6-10-21/h3-14,17,26,29H,15-16,18-20H2,1-2H3/t26-,27-/m1/s1. The zero-order valence-corrected chi connectivity index (χ0v) is 18.7. The summed E-state index contributed by atoms with van der Waals surface area (Å²) in [5.74, 6) is 1.45. The molecule has 168 valence electrons. The molecule has 5 nitrogen and oxygen atoms in total. The van der Waals surface area contributed by atoms with E-state index in [1.807, 2.05) is 54.6 Å². The summed E-state index contributed by atoms with van der Waals surface area (Å²) in [5.41, 5.74) is 1.74. The Balaban J connectivity index is 1.65. The SMILES string of the molecule is COc1ccc(OC)c(C[C@@](O)(c2ccccc2)[C@H]2CN(Cc3ccccc3)CCO2)c1. The molecule has 3 aromatic carbocycles. The third-order valence-electron chi connectivity index (χ3n) is 6.15. The van der Waals surface area contributed by atoms with Gasteiger partial charge < -0.3 is 19.3 Å². The number of ether oxygens (including phenoxy) is 3. The van der Waals surface area contributed by atoms with Gasteiger partial charge in [-0.2, -0.15) is 0 Å². The van der Waals surface area contributed by atoms with E-state index in [0.29, 0.717) is 19.6 Å². The summed E-state index contributed by atoms with van der Waals surface area (Å²) in [5, 5.41) is 12.2. The molecule has 0 unspecified atom stereocenters. The van der Waals surface area contributed by atoms with Crippen molar-refractivity contribution >= 4 is 0 Å². The molecule has 1 fully saturated rings. The second-order valence-corrected chi connectivity index (χ2v) is 8.22. The molecule has 1 aliphatic heterocycles. The number of hydrogen-bond acceptors (Lipinski definition) is 5. The normalized spacial score (nSPS) is 18.7. The topological polar surface area (TPSA) is 51.2 Å². The molecule has 0 saturated carbocycles. The molecular formula is C27H31NO4. The van der Waals surface area contributed by atoms with Crippen molar-refractivity contribution in [1.82, 2.24) is 4.90 Å². The Kier molecular flexibility index (Phi) is 7.10. The van der Waals surface area contributed by atoms with Crippen LogP contribution in [0.5, 0.6) is 11.5 Å². The maximum Gasteiger partial charge on any atom is 0.122 e. The maximum atomic E-state index is 12.2. The number of rotatable bonds is 8. The van der Waals surface area contributed by atoms with Crippen LogP contribution in [0.2, 0.25) is 0 Å². The Bertz CT molecular complexity index is 995. The van der Waals surface area contributed by atoms with Crippen molar-refractivity contribution in [3.8, 4) is 11.5 Å². The molecule has 4 rings (SSSR count). The Morgan fingerprint density at radius 2 is 1.69 bits per heavy atom. The molecule has 5 heteroatoms. The van der Waals surface area contributed by atoms with Crippen molar-refractivity contribution in [2.75, 3.05) is 33.9 Å². The molecule has 0 spiro atoms. The van der Waals surface area contributed by atoms with Gasteiger partial charge in [0.2, 0.25) is 0 Å². The van der Waals surface area contributed by atoms with E-state index in [2.05, 4.69) is 29.2 Å². The lowest BCUT2D eigenvalue weighted by atomic mass is 9.81. The van der Waals surface area contributed by atoms with E-state index in [-0.39, 0.29) is 0 Å². The highest BCUT2D eigenvalue weighted by atomic mass is 16.5. The van der Waals surface area contributed by atoms with Crippen molar-refractivity contribution in [3.63, 3.8) is 0 Å². The molecule has 1 aliphatic rings. The highest BCUT2D eigenvalue weighted by molar-refractivity contribution is 5.42. The van der Waals surface area contributed by atoms with E-state index in [1.165, 1.54) is 5.56 Å². The van der Waals surface area contributed by atoms with Gasteiger partial charge in [0.25, 0.3) is 0 Å². The van der Waals surface area contributed by atoms with Gasteiger partial charge in [0.15, 0.2) is 0 Å². The smallest absolute Gasteiger partial charge is 0.122 e. The third kappa shape index (κ3) is 4.96. The zero-order valence-electron chi connectivity index (χ0n) is 18.7. The van der Waals surface area contributed by atoms with Gasteiger partial charge in [0.05, 0.1) is 20.8 Å². The van der Waals surface area contributed by atoms with E-state index in [0.717, 1.165) is 35.7 Å². The minimum Gasteiger partial charge on any atom is -0.497 e. The van der Waals surface area contributed by atoms with Crippen LogP contribution in [-0.2, 0) is 23.3 Å². The van der Waals surface area contributed by atoms with E-state index >= 15 is 0 Å². The minimum absolute atomic E-state index is 0.348. The number of morpholine rings is 1. The summed E-state index contributed by atoms with van der Waals surface area (Å²) >= 11 is 0. The maximum absolute atomic E-state index is 12.2. The van der Waals surface area contributed by atoms with Crippen molar-refractivity contribution in [2.45, 2.75) is 24.7 Å². The van der Waals surface area contributed by atoms with Crippen molar-refractivity contribution in [3.05, 3.63) is 95.6 Å². The Morgan fingerprint density at radius 1 is 0.969 bits per heavy atom. The van der Waals surface area contributed by atoms with E-state index in [9.17, 15) is 5.11 Å². The number of aliphatic hydroxyl groups is 1. The third-order valence-corrected chi connectivity index (χ3v) is 6.15. The first-order chi connectivity index (χ1) is 15.6. The number of benzene rings is 3. The van der Waals surface area contributed by atoms with Gasteiger partial charge in [-0.15, -0.1) is 0 Å². The molecule has 32 heavy (non-hydrogen) atoms. The summed E-state index contributed by atoms with van der Waals surface area (Å²) in [6, 6.07) is 25.9. The van der Waals surface area contributed by atoms with Gasteiger partial charge in [-0.25, -0.2) is 0 Å². The summed E-state index contributed by atoms with van der Waals surface area (Å²) in [6.07, 6.45) is -0.0420. The summed E-state index contributed by atoms with van der Waals surface area (Å²) < 4.78 is 17.2. The lowest BCUT2D eigenvalue weighted by molar-refractivity contribution is -0.150. The predicted octanol–water partition coefficient (Wildman–Crippen LogP) is 4.04. The molecule has 0 aliphatic carbocycles. The average molecular weight is 434 g/mol. The molecule has 3 aromatic rings. The van der Waals surface area contributed by atoms with Crippen molar-refractivity contribution in [1.29, 1.82) is 0 Å². The molecule has 2 atom stereocenters. The van der Waals surface area contributed by atoms with Crippen LogP contribution in [-0.4, -0.2) is 50.0 Å². The summed E-state index contributed by atoms with van der Waals surface area (Å²) in [6.45, 7) is 2.86. The monoisotopic (exact) mass is 433 g/mol. The zero-order chi connectivity index (χ0) is 22.4. The van der Waals surface area contributed by atoms with Gasteiger partial charge in [-0.05, 0) is 29.3 Å². The predicted molar refractivity (Wildman–Crippen MR) is 125 cm³/mol. The van der Waals surface area contributed by atoms with Crippen LogP contribution in [0.25, 0.3) is 0 Å². The first-order valence-corrected chi connectivity index (χ1v) is 11.0. The Morgan fingerprint density at radius 3 is 2.38 bits per heavy atom. The fourth-order valence-electron chi connectivity index (χ4n) is 4.42. The molecule has 0 radical (unpaired) electrons. The molecule has 1 heterocycles. The van der Waals surface area contributed by atoms with Crippen LogP contribution in [0.15, 0.2) is 78.9 Å². The fourth-order valence-corrected chi connectivity index (χ4v) is 4.42. The molecule has 0 bridgehead atoms. The largest absolute Gasteiger partial charge is 0.497 e. The second-order valence-electron chi connectivity index (χ2n) is 8.22. The van der Waals surface area contributed by atoms with E-state index in [4.69, 9.17) is 14.2 Å². The molecule has 0 aromatic heterocycles. The molecule has 0 amide bonds. The van der Waals surface area contributed by atoms with E-state index in [1.54, 1.807) is 14.2 Å². The lowest BCUT2D eigenvalue weighted by Gasteiger charge is -2.42. The van der Waals surface area contributed by atoms with Gasteiger partial charge in [0, 0.05) is 31.6 Å². The van der Waals surface area contributed by atoms with Gasteiger partial charge in [0.1, 0.15) is 23.2 Å². The first kappa shape index (κ1) is 22.3. The highest BCUT2D eigenvalue weighted by Gasteiger charge is 2.42. The van der Waals surface area contributed by atoms with E-state index < -0.39 is 11.7 Å². The molecular weight excluding hydrogens is 402 g/mol. The van der Waals surface area contributed by atoms with Gasteiger partial charge in [-0.3, -0.25) is 4.90 Å². The van der Waals surface area contributed by atoms with Crippen LogP contribution in [0.1, 0.15) is 16.7 Å². The Labute approximate surface area is 190 Å². The van der Waals surface area contributed by atoms with Crippen molar-refractivity contribution in [2.24, 2.45) is 0 Å².